The van der Waals surface area contributed by atoms with Gasteiger partial charge in [-0.3, -0.25) is 14.8 Å². The molecule has 0 aliphatic rings. The number of rotatable bonds is 8. The zero-order chi connectivity index (χ0) is 15.2. The highest BCUT2D eigenvalue weighted by Gasteiger charge is 2.16. The summed E-state index contributed by atoms with van der Waals surface area (Å²) in [5.74, 6) is 0.00674. The Morgan fingerprint density at radius 3 is 2.65 bits per heavy atom. The van der Waals surface area contributed by atoms with Crippen LogP contribution in [0.3, 0.4) is 0 Å². The van der Waals surface area contributed by atoms with Crippen molar-refractivity contribution in [2.45, 2.75) is 6.92 Å². The van der Waals surface area contributed by atoms with Crippen molar-refractivity contribution >= 4 is 21.4 Å². The molecule has 0 unspecified atom stereocenters. The maximum atomic E-state index is 11.8. The predicted molar refractivity (Wildman–Crippen MR) is 75.6 cm³/mol. The SMILES string of the molecule is CCNCCS(=O)(=O)Nc1ccc([N+](=O)[O-])cc1OC. The summed E-state index contributed by atoms with van der Waals surface area (Å²) in [6.07, 6.45) is 0. The lowest BCUT2D eigenvalue weighted by molar-refractivity contribution is -0.384. The van der Waals surface area contributed by atoms with Gasteiger partial charge < -0.3 is 10.1 Å². The summed E-state index contributed by atoms with van der Waals surface area (Å²) in [7, 11) is -2.22. The quantitative estimate of drug-likeness (QED) is 0.420. The lowest BCUT2D eigenvalue weighted by Gasteiger charge is -2.11. The molecule has 1 aromatic carbocycles. The summed E-state index contributed by atoms with van der Waals surface area (Å²) in [6, 6.07) is 3.69. The zero-order valence-corrected chi connectivity index (χ0v) is 12.1. The Bertz CT molecular complexity index is 573. The van der Waals surface area contributed by atoms with Crippen molar-refractivity contribution in [2.75, 3.05) is 30.7 Å². The van der Waals surface area contributed by atoms with Gasteiger partial charge in [-0.15, -0.1) is 0 Å². The third kappa shape index (κ3) is 4.67. The molecule has 0 aliphatic heterocycles. The molecule has 0 aromatic heterocycles. The number of non-ortho nitro benzene ring substituents is 1. The van der Waals surface area contributed by atoms with Crippen LogP contribution in [0.25, 0.3) is 0 Å². The lowest BCUT2D eigenvalue weighted by atomic mass is 10.2. The summed E-state index contributed by atoms with van der Waals surface area (Å²) >= 11 is 0. The van der Waals surface area contributed by atoms with Crippen LogP contribution in [0, 0.1) is 10.1 Å². The van der Waals surface area contributed by atoms with Crippen LogP contribution in [0.2, 0.25) is 0 Å². The van der Waals surface area contributed by atoms with E-state index in [1.54, 1.807) is 0 Å². The van der Waals surface area contributed by atoms with Gasteiger partial charge >= 0.3 is 0 Å². The van der Waals surface area contributed by atoms with E-state index in [0.717, 1.165) is 0 Å². The second kappa shape index (κ2) is 7.06. The number of nitrogens with zero attached hydrogens (tertiary/aromatic N) is 1. The van der Waals surface area contributed by atoms with Crippen LogP contribution in [0.4, 0.5) is 11.4 Å². The molecule has 0 bridgehead atoms. The average Bonchev–Trinajstić information content (AvgIpc) is 2.38. The normalized spacial score (nSPS) is 11.1. The molecule has 112 valence electrons. The van der Waals surface area contributed by atoms with Gasteiger partial charge in [0.15, 0.2) is 0 Å². The van der Waals surface area contributed by atoms with Gasteiger partial charge in [0.1, 0.15) is 5.75 Å². The molecule has 0 saturated carbocycles. The second-order valence-electron chi connectivity index (χ2n) is 3.92. The average molecular weight is 303 g/mol. The molecule has 0 saturated heterocycles. The Hall–Kier alpha value is -1.87. The van der Waals surface area contributed by atoms with Crippen molar-refractivity contribution in [2.24, 2.45) is 0 Å². The first-order valence-electron chi connectivity index (χ1n) is 5.93. The number of sulfonamides is 1. The summed E-state index contributed by atoms with van der Waals surface area (Å²) in [6.45, 7) is 2.87. The number of nitro benzene ring substituents is 1. The first-order valence-corrected chi connectivity index (χ1v) is 7.58. The van der Waals surface area contributed by atoms with Crippen LogP contribution in [0.1, 0.15) is 6.92 Å². The van der Waals surface area contributed by atoms with Gasteiger partial charge in [0.25, 0.3) is 5.69 Å². The molecule has 1 rings (SSSR count). The van der Waals surface area contributed by atoms with Crippen LogP contribution in [0.15, 0.2) is 18.2 Å². The molecule has 20 heavy (non-hydrogen) atoms. The fourth-order valence-corrected chi connectivity index (χ4v) is 2.50. The maximum absolute atomic E-state index is 11.8. The molecule has 0 radical (unpaired) electrons. The fraction of sp³-hybridized carbons (Fsp3) is 0.455. The predicted octanol–water partition coefficient (Wildman–Crippen LogP) is 0.955. The number of hydrogen-bond acceptors (Lipinski definition) is 6. The van der Waals surface area contributed by atoms with Gasteiger partial charge in [-0.2, -0.15) is 0 Å². The third-order valence-electron chi connectivity index (χ3n) is 2.46. The molecule has 0 fully saturated rings. The molecule has 0 amide bonds. The molecule has 0 atom stereocenters. The smallest absolute Gasteiger partial charge is 0.273 e. The van der Waals surface area contributed by atoms with E-state index in [1.807, 2.05) is 6.92 Å². The number of anilines is 1. The van der Waals surface area contributed by atoms with Crippen LogP contribution < -0.4 is 14.8 Å². The van der Waals surface area contributed by atoms with Crippen molar-refractivity contribution in [3.8, 4) is 5.75 Å². The number of benzene rings is 1. The number of hydrogen-bond donors (Lipinski definition) is 2. The van der Waals surface area contributed by atoms with Crippen molar-refractivity contribution in [3.05, 3.63) is 28.3 Å². The highest BCUT2D eigenvalue weighted by Crippen LogP contribution is 2.29. The van der Waals surface area contributed by atoms with Gasteiger partial charge in [0, 0.05) is 12.6 Å². The number of ether oxygens (including phenoxy) is 1. The first kappa shape index (κ1) is 16.2. The Kier molecular flexibility index (Phi) is 5.71. The van der Waals surface area contributed by atoms with Gasteiger partial charge in [0.05, 0.1) is 29.5 Å². The molecule has 0 aliphatic carbocycles. The molecule has 8 nitrogen and oxygen atoms in total. The lowest BCUT2D eigenvalue weighted by Crippen LogP contribution is -2.26. The fourth-order valence-electron chi connectivity index (χ4n) is 1.48. The van der Waals surface area contributed by atoms with Crippen LogP contribution in [-0.2, 0) is 10.0 Å². The molecule has 0 spiro atoms. The number of methoxy groups -OCH3 is 1. The zero-order valence-electron chi connectivity index (χ0n) is 11.3. The van der Waals surface area contributed by atoms with E-state index >= 15 is 0 Å². The van der Waals surface area contributed by atoms with E-state index in [9.17, 15) is 18.5 Å². The standard InChI is InChI=1S/C11H17N3O5S/c1-3-12-6-7-20(17,18)13-10-5-4-9(14(15)16)8-11(10)19-2/h4-5,8,12-13H,3,6-7H2,1-2H3. The van der Waals surface area contributed by atoms with Crippen molar-refractivity contribution in [1.29, 1.82) is 0 Å². The van der Waals surface area contributed by atoms with E-state index in [2.05, 4.69) is 10.0 Å². The van der Waals surface area contributed by atoms with Gasteiger partial charge in [-0.1, -0.05) is 6.92 Å². The van der Waals surface area contributed by atoms with Crippen LogP contribution in [0.5, 0.6) is 5.75 Å². The highest BCUT2D eigenvalue weighted by atomic mass is 32.2. The maximum Gasteiger partial charge on any atom is 0.273 e. The first-order chi connectivity index (χ1) is 9.39. The topological polar surface area (TPSA) is 111 Å². The second-order valence-corrected chi connectivity index (χ2v) is 5.76. The monoisotopic (exact) mass is 303 g/mol. The summed E-state index contributed by atoms with van der Waals surface area (Å²) in [5, 5.41) is 13.5. The van der Waals surface area contributed by atoms with E-state index in [-0.39, 0.29) is 22.9 Å². The van der Waals surface area contributed by atoms with E-state index in [4.69, 9.17) is 4.74 Å². The van der Waals surface area contributed by atoms with Crippen LogP contribution in [-0.4, -0.2) is 39.3 Å². The van der Waals surface area contributed by atoms with Crippen LogP contribution >= 0.6 is 0 Å². The molecule has 1 aromatic rings. The van der Waals surface area contributed by atoms with Crippen molar-refractivity contribution in [1.82, 2.24) is 5.32 Å². The molecular weight excluding hydrogens is 286 g/mol. The Morgan fingerprint density at radius 2 is 2.10 bits per heavy atom. The van der Waals surface area contributed by atoms with E-state index in [0.29, 0.717) is 13.1 Å². The Morgan fingerprint density at radius 1 is 1.40 bits per heavy atom. The summed E-state index contributed by atoms with van der Waals surface area (Å²) in [5.41, 5.74) is 0.00652. The Balaban J connectivity index is 2.89. The minimum absolute atomic E-state index is 0.0962. The van der Waals surface area contributed by atoms with Crippen molar-refractivity contribution in [3.63, 3.8) is 0 Å². The van der Waals surface area contributed by atoms with Gasteiger partial charge in [-0.25, -0.2) is 8.42 Å². The molecular formula is C11H17N3O5S. The molecule has 2 N–H and O–H groups in total. The summed E-state index contributed by atoms with van der Waals surface area (Å²) < 4.78 is 31.0. The van der Waals surface area contributed by atoms with E-state index in [1.165, 1.54) is 25.3 Å². The summed E-state index contributed by atoms with van der Waals surface area (Å²) in [4.78, 5) is 10.1. The minimum atomic E-state index is -3.53. The number of nitro groups is 1. The third-order valence-corrected chi connectivity index (χ3v) is 3.73. The highest BCUT2D eigenvalue weighted by molar-refractivity contribution is 7.92. The largest absolute Gasteiger partial charge is 0.494 e. The van der Waals surface area contributed by atoms with Gasteiger partial charge in [-0.05, 0) is 12.6 Å². The van der Waals surface area contributed by atoms with Crippen molar-refractivity contribution < 1.29 is 18.1 Å². The van der Waals surface area contributed by atoms with Gasteiger partial charge in [0.2, 0.25) is 10.0 Å². The molecule has 9 heteroatoms. The minimum Gasteiger partial charge on any atom is -0.494 e. The van der Waals surface area contributed by atoms with E-state index < -0.39 is 14.9 Å². The number of nitrogens with one attached hydrogen (secondary N) is 2. The molecule has 0 heterocycles. The Labute approximate surface area is 117 Å².